The van der Waals surface area contributed by atoms with E-state index in [0.29, 0.717) is 39.1 Å². The van der Waals surface area contributed by atoms with Crippen LogP contribution in [0.5, 0.6) is 0 Å². The van der Waals surface area contributed by atoms with Gasteiger partial charge in [0.25, 0.3) is 0 Å². The van der Waals surface area contributed by atoms with Gasteiger partial charge in [0.1, 0.15) is 0 Å². The van der Waals surface area contributed by atoms with Gasteiger partial charge in [0.15, 0.2) is 0 Å². The Balaban J connectivity index is 4.52. The summed E-state index contributed by atoms with van der Waals surface area (Å²) in [6.07, 6.45) is 0.375. The first-order chi connectivity index (χ1) is 13.3. The van der Waals surface area contributed by atoms with Crippen molar-refractivity contribution in [3.8, 4) is 0 Å². The summed E-state index contributed by atoms with van der Waals surface area (Å²) in [4.78, 5) is 23.7. The molecule has 10 heteroatoms. The molecule has 178 valence electrons. The van der Waals surface area contributed by atoms with Crippen molar-refractivity contribution in [3.63, 3.8) is 0 Å². The topological polar surface area (TPSA) is 105 Å². The first-order valence-corrected chi connectivity index (χ1v) is 23.1. The molecule has 0 bridgehead atoms. The fourth-order valence-corrected chi connectivity index (χ4v) is 11.1. The zero-order valence-corrected chi connectivity index (χ0v) is 26.0. The van der Waals surface area contributed by atoms with Gasteiger partial charge in [0.2, 0.25) is 0 Å². The van der Waals surface area contributed by atoms with Crippen LogP contribution < -0.4 is 11.5 Å². The van der Waals surface area contributed by atoms with E-state index in [0.717, 1.165) is 10.6 Å². The summed E-state index contributed by atoms with van der Waals surface area (Å²) in [7, 11) is -4.05. The number of carbonyl (C=O) groups is 2. The van der Waals surface area contributed by atoms with Gasteiger partial charge in [-0.15, -0.1) is 0 Å². The monoisotopic (exact) mass is 592 g/mol. The quantitative estimate of drug-likeness (QED) is 0.252. The zero-order chi connectivity index (χ0) is 24.0. The van der Waals surface area contributed by atoms with E-state index in [9.17, 15) is 9.59 Å². The maximum atomic E-state index is 11.9. The molecule has 0 aromatic carbocycles. The number of hydrogen-bond acceptors (Lipinski definition) is 4. The van der Waals surface area contributed by atoms with Crippen LogP contribution in [-0.2, 0) is 18.4 Å². The Bertz CT molecular complexity index is 526. The second-order valence-corrected chi connectivity index (χ2v) is 28.1. The zero-order valence-electron chi connectivity index (χ0n) is 20.6. The molecule has 6 nitrogen and oxygen atoms in total. The molecule has 0 aliphatic carbocycles. The molecule has 0 aromatic rings. The average Bonchev–Trinajstić information content (AvgIpc) is 2.52. The van der Waals surface area contributed by atoms with Crippen LogP contribution in [0.2, 0.25) is 46.9 Å². The van der Waals surface area contributed by atoms with Gasteiger partial charge in [-0.25, -0.2) is 0 Å². The van der Waals surface area contributed by atoms with Crippen LogP contribution in [0.1, 0.15) is 54.4 Å². The molecular formula is C20H44N2O4Se2Si2. The third kappa shape index (κ3) is 10.3. The fraction of sp³-hybridized carbons (Fsp3) is 0.900. The van der Waals surface area contributed by atoms with Gasteiger partial charge in [0, 0.05) is 0 Å². The maximum absolute atomic E-state index is 11.9. The first-order valence-electron chi connectivity index (χ1n) is 10.5. The van der Waals surface area contributed by atoms with Crippen LogP contribution in [0.25, 0.3) is 0 Å². The standard InChI is InChI=1S/C20H44N2O4Se2Si2/c1-19(2,3)29(7,8)25-15(17(21)23)11-13-27-28-14-12-16(18(22)24)26-30(9,10)20(4,5)6/h15-16H,11-14H2,1-10H3,(H2,21,23)(H2,22,24). The van der Waals surface area contributed by atoms with Crippen molar-refractivity contribution in [1.29, 1.82) is 0 Å². The second-order valence-electron chi connectivity index (χ2n) is 10.8. The van der Waals surface area contributed by atoms with Crippen LogP contribution in [0, 0.1) is 0 Å². The molecule has 0 saturated carbocycles. The Morgan fingerprint density at radius 3 is 1.20 bits per heavy atom. The molecule has 2 atom stereocenters. The molecule has 0 aliphatic heterocycles. The summed E-state index contributed by atoms with van der Waals surface area (Å²) >= 11 is 0.854. The van der Waals surface area contributed by atoms with Crippen molar-refractivity contribution in [2.75, 3.05) is 0 Å². The number of carbonyl (C=O) groups excluding carboxylic acids is 2. The molecule has 0 spiro atoms. The fourth-order valence-electron chi connectivity index (χ4n) is 2.01. The molecule has 0 radical (unpaired) electrons. The van der Waals surface area contributed by atoms with Gasteiger partial charge in [-0.3, -0.25) is 0 Å². The summed E-state index contributed by atoms with van der Waals surface area (Å²) in [6, 6.07) is 0. The third-order valence-corrected chi connectivity index (χ3v) is 22.6. The van der Waals surface area contributed by atoms with E-state index in [4.69, 9.17) is 20.3 Å². The van der Waals surface area contributed by atoms with E-state index < -0.39 is 28.8 Å². The third-order valence-electron chi connectivity index (χ3n) is 6.13. The Morgan fingerprint density at radius 2 is 1.00 bits per heavy atom. The normalized spacial score (nSPS) is 15.7. The minimum absolute atomic E-state index is 0.0453. The number of rotatable bonds is 13. The Morgan fingerprint density at radius 1 is 0.733 bits per heavy atom. The van der Waals surface area contributed by atoms with E-state index in [1.165, 1.54) is 0 Å². The first kappa shape index (κ1) is 30.3. The number of primary amides is 2. The predicted molar refractivity (Wildman–Crippen MR) is 133 cm³/mol. The molecule has 0 fully saturated rings. The molecule has 4 N–H and O–H groups in total. The summed E-state index contributed by atoms with van der Waals surface area (Å²) in [5.41, 5.74) is 11.2. The van der Waals surface area contributed by atoms with Crippen molar-refractivity contribution < 1.29 is 18.4 Å². The SMILES string of the molecule is CC(C)(C)[Si](C)(C)OC(CC[Se][Se]CCC(O[Si](C)(C)C(C)(C)C)C(N)=O)C(N)=O. The Labute approximate surface area is 197 Å². The minimum atomic E-state index is -2.02. The molecule has 0 saturated heterocycles. The summed E-state index contributed by atoms with van der Waals surface area (Å²) in [5, 5.41) is 2.01. The van der Waals surface area contributed by atoms with E-state index in [2.05, 4.69) is 67.7 Å². The molecular weight excluding hydrogens is 546 g/mol. The van der Waals surface area contributed by atoms with Gasteiger partial charge in [-0.2, -0.15) is 0 Å². The number of amides is 2. The van der Waals surface area contributed by atoms with E-state index in [1.807, 2.05) is 0 Å². The van der Waals surface area contributed by atoms with Crippen LogP contribution in [0.15, 0.2) is 0 Å². The van der Waals surface area contributed by atoms with Crippen LogP contribution >= 0.6 is 0 Å². The van der Waals surface area contributed by atoms with Crippen molar-refractivity contribution in [2.24, 2.45) is 11.5 Å². The Kier molecular flexibility index (Phi) is 12.1. The van der Waals surface area contributed by atoms with Gasteiger partial charge in [0.05, 0.1) is 0 Å². The van der Waals surface area contributed by atoms with Crippen molar-refractivity contribution >= 4 is 54.7 Å². The van der Waals surface area contributed by atoms with Crippen molar-refractivity contribution in [3.05, 3.63) is 0 Å². The van der Waals surface area contributed by atoms with E-state index >= 15 is 0 Å². The molecule has 0 aliphatic rings. The summed E-state index contributed by atoms with van der Waals surface area (Å²) in [5.74, 6) is -0.723. The van der Waals surface area contributed by atoms with Crippen molar-refractivity contribution in [2.45, 2.75) is 113 Å². The van der Waals surface area contributed by atoms with Gasteiger partial charge >= 0.3 is 198 Å². The number of nitrogens with two attached hydrogens (primary N) is 2. The van der Waals surface area contributed by atoms with E-state index in [-0.39, 0.29) is 21.9 Å². The van der Waals surface area contributed by atoms with Gasteiger partial charge in [-0.05, 0) is 0 Å². The molecule has 2 unspecified atom stereocenters. The van der Waals surface area contributed by atoms with Crippen LogP contribution in [0.3, 0.4) is 0 Å². The van der Waals surface area contributed by atoms with E-state index in [1.54, 1.807) is 0 Å². The average molecular weight is 591 g/mol. The number of hydrogen-bond donors (Lipinski definition) is 2. The molecule has 30 heavy (non-hydrogen) atoms. The van der Waals surface area contributed by atoms with Gasteiger partial charge < -0.3 is 0 Å². The molecule has 0 rings (SSSR count). The molecule has 0 heterocycles. The predicted octanol–water partition coefficient (Wildman–Crippen LogP) is 3.68. The van der Waals surface area contributed by atoms with Crippen molar-refractivity contribution in [1.82, 2.24) is 0 Å². The molecule has 0 aromatic heterocycles. The molecule has 2 amide bonds. The summed E-state index contributed by atoms with van der Waals surface area (Å²) in [6.45, 7) is 21.5. The van der Waals surface area contributed by atoms with Crippen LogP contribution in [0.4, 0.5) is 0 Å². The second kappa shape index (κ2) is 12.0. The van der Waals surface area contributed by atoms with Gasteiger partial charge in [-0.1, -0.05) is 0 Å². The van der Waals surface area contributed by atoms with Crippen LogP contribution in [-0.4, -0.2) is 66.9 Å². The summed E-state index contributed by atoms with van der Waals surface area (Å²) < 4.78 is 12.5. The Hall–Kier alpha value is 0.333.